The van der Waals surface area contributed by atoms with Crippen LogP contribution >= 0.6 is 23.2 Å². The van der Waals surface area contributed by atoms with Crippen molar-refractivity contribution in [3.05, 3.63) is 16.1 Å². The van der Waals surface area contributed by atoms with E-state index in [-0.39, 0.29) is 5.82 Å². The molecule has 1 rings (SSSR count). The largest absolute Gasteiger partial charge is 0.382 e. The number of hydrogen-bond acceptors (Lipinski definition) is 4. The molecule has 2 N–H and O–H groups in total. The summed E-state index contributed by atoms with van der Waals surface area (Å²) in [7, 11) is 1.79. The lowest BCUT2D eigenvalue weighted by atomic mass is 10.3. The maximum atomic E-state index is 8.45. The molecule has 0 atom stereocenters. The molecule has 1 aromatic rings. The number of hydrogen-bond donors (Lipinski definition) is 1. The first-order valence-electron chi connectivity index (χ1n) is 4.26. The molecule has 0 aliphatic carbocycles. The van der Waals surface area contributed by atoms with Crippen LogP contribution in [0.15, 0.2) is 6.07 Å². The summed E-state index contributed by atoms with van der Waals surface area (Å²) in [6, 6.07) is 3.59. The van der Waals surface area contributed by atoms with Crippen LogP contribution in [0.1, 0.15) is 6.42 Å². The lowest BCUT2D eigenvalue weighted by molar-refractivity contribution is 0.886. The first kappa shape index (κ1) is 11.9. The molecule has 0 fully saturated rings. The SMILES string of the molecule is CN(CCC#N)c1nc(N)c(Cl)cc1Cl. The molecule has 0 radical (unpaired) electrons. The third-order valence-electron chi connectivity index (χ3n) is 1.86. The van der Waals surface area contributed by atoms with Crippen LogP contribution in [0.2, 0.25) is 10.0 Å². The van der Waals surface area contributed by atoms with Gasteiger partial charge in [0.25, 0.3) is 0 Å². The van der Waals surface area contributed by atoms with E-state index < -0.39 is 0 Å². The van der Waals surface area contributed by atoms with Crippen molar-refractivity contribution in [1.29, 1.82) is 5.26 Å². The Bertz CT molecular complexity index is 400. The van der Waals surface area contributed by atoms with E-state index in [1.807, 2.05) is 6.07 Å². The van der Waals surface area contributed by atoms with Crippen molar-refractivity contribution in [3.8, 4) is 6.07 Å². The fraction of sp³-hybridized carbons (Fsp3) is 0.333. The quantitative estimate of drug-likeness (QED) is 0.887. The van der Waals surface area contributed by atoms with E-state index >= 15 is 0 Å². The zero-order chi connectivity index (χ0) is 11.4. The lowest BCUT2D eigenvalue weighted by Crippen LogP contribution is -2.20. The highest BCUT2D eigenvalue weighted by Crippen LogP contribution is 2.29. The van der Waals surface area contributed by atoms with Gasteiger partial charge < -0.3 is 10.6 Å². The highest BCUT2D eigenvalue weighted by Gasteiger charge is 2.10. The van der Waals surface area contributed by atoms with E-state index in [2.05, 4.69) is 4.98 Å². The van der Waals surface area contributed by atoms with Gasteiger partial charge in [-0.25, -0.2) is 4.98 Å². The number of halogens is 2. The van der Waals surface area contributed by atoms with Crippen LogP contribution in [0, 0.1) is 11.3 Å². The summed E-state index contributed by atoms with van der Waals surface area (Å²) in [6.45, 7) is 0.546. The van der Waals surface area contributed by atoms with Crippen LogP contribution in [0.4, 0.5) is 11.6 Å². The number of nitrogen functional groups attached to an aromatic ring is 1. The number of nitrogens with two attached hydrogens (primary N) is 1. The van der Waals surface area contributed by atoms with Crippen LogP contribution in [-0.4, -0.2) is 18.6 Å². The first-order chi connectivity index (χ1) is 7.06. The van der Waals surface area contributed by atoms with Crippen molar-refractivity contribution >= 4 is 34.8 Å². The molecule has 0 saturated carbocycles. The monoisotopic (exact) mass is 244 g/mol. The summed E-state index contributed by atoms with van der Waals surface area (Å²) in [5.41, 5.74) is 5.56. The Morgan fingerprint density at radius 3 is 2.80 bits per heavy atom. The molecule has 0 unspecified atom stereocenters. The van der Waals surface area contributed by atoms with Crippen LogP contribution in [0.5, 0.6) is 0 Å². The van der Waals surface area contributed by atoms with E-state index in [1.54, 1.807) is 18.0 Å². The Morgan fingerprint density at radius 1 is 1.53 bits per heavy atom. The maximum absolute atomic E-state index is 8.45. The van der Waals surface area contributed by atoms with Gasteiger partial charge >= 0.3 is 0 Å². The predicted molar refractivity (Wildman–Crippen MR) is 62.2 cm³/mol. The Labute approximate surface area is 98.2 Å². The summed E-state index contributed by atoms with van der Waals surface area (Å²) in [4.78, 5) is 5.82. The van der Waals surface area contributed by atoms with E-state index in [1.165, 1.54) is 0 Å². The molecule has 1 heterocycles. The third-order valence-corrected chi connectivity index (χ3v) is 2.44. The van der Waals surface area contributed by atoms with E-state index in [0.29, 0.717) is 28.8 Å². The van der Waals surface area contributed by atoms with Crippen LogP contribution < -0.4 is 10.6 Å². The fourth-order valence-electron chi connectivity index (χ4n) is 1.06. The summed E-state index contributed by atoms with van der Waals surface area (Å²) in [6.07, 6.45) is 0.400. The summed E-state index contributed by atoms with van der Waals surface area (Å²) in [5, 5.41) is 9.21. The van der Waals surface area contributed by atoms with E-state index in [9.17, 15) is 0 Å². The molecule has 1 aromatic heterocycles. The minimum Gasteiger partial charge on any atom is -0.382 e. The van der Waals surface area contributed by atoms with Gasteiger partial charge in [-0.2, -0.15) is 5.26 Å². The predicted octanol–water partition coefficient (Wildman–Crippen LogP) is 2.32. The minimum atomic E-state index is 0.236. The number of nitrogens with zero attached hydrogens (tertiary/aromatic N) is 3. The second kappa shape index (κ2) is 5.06. The Balaban J connectivity index is 2.94. The molecule has 0 amide bonds. The van der Waals surface area contributed by atoms with Crippen molar-refractivity contribution in [2.75, 3.05) is 24.2 Å². The molecule has 80 valence electrons. The second-order valence-corrected chi connectivity index (χ2v) is 3.80. The molecule has 6 heteroatoms. The van der Waals surface area contributed by atoms with Gasteiger partial charge in [0.15, 0.2) is 0 Å². The van der Waals surface area contributed by atoms with E-state index in [0.717, 1.165) is 0 Å². The van der Waals surface area contributed by atoms with Gasteiger partial charge in [0.2, 0.25) is 0 Å². The standard InChI is InChI=1S/C9H10Cl2N4/c1-15(4-2-3-12)9-7(11)5-6(10)8(13)14-9/h5H,2,4H2,1H3,(H2,13,14). The van der Waals surface area contributed by atoms with Crippen molar-refractivity contribution < 1.29 is 0 Å². The van der Waals surface area contributed by atoms with Crippen LogP contribution in [-0.2, 0) is 0 Å². The number of aromatic nitrogens is 1. The highest BCUT2D eigenvalue weighted by atomic mass is 35.5. The third kappa shape index (κ3) is 2.88. The average Bonchev–Trinajstić information content (AvgIpc) is 2.20. The summed E-state index contributed by atoms with van der Waals surface area (Å²) >= 11 is 11.7. The van der Waals surface area contributed by atoms with Gasteiger partial charge in [-0.15, -0.1) is 0 Å². The molecular formula is C9H10Cl2N4. The first-order valence-corrected chi connectivity index (χ1v) is 5.01. The summed E-state index contributed by atoms with van der Waals surface area (Å²) < 4.78 is 0. The zero-order valence-electron chi connectivity index (χ0n) is 8.17. The van der Waals surface area contributed by atoms with Gasteiger partial charge in [-0.05, 0) is 6.07 Å². The van der Waals surface area contributed by atoms with Gasteiger partial charge in [0.1, 0.15) is 11.6 Å². The van der Waals surface area contributed by atoms with Gasteiger partial charge in [-0.3, -0.25) is 0 Å². The minimum absolute atomic E-state index is 0.236. The van der Waals surface area contributed by atoms with E-state index in [4.69, 9.17) is 34.2 Å². The molecule has 0 aliphatic rings. The zero-order valence-corrected chi connectivity index (χ0v) is 9.68. The Hall–Kier alpha value is -1.18. The topological polar surface area (TPSA) is 65.9 Å². The van der Waals surface area contributed by atoms with Crippen molar-refractivity contribution in [2.45, 2.75) is 6.42 Å². The van der Waals surface area contributed by atoms with Gasteiger partial charge in [0.05, 0.1) is 22.5 Å². The maximum Gasteiger partial charge on any atom is 0.149 e. The van der Waals surface area contributed by atoms with Crippen molar-refractivity contribution in [3.63, 3.8) is 0 Å². The second-order valence-electron chi connectivity index (χ2n) is 2.99. The van der Waals surface area contributed by atoms with Crippen molar-refractivity contribution in [1.82, 2.24) is 4.98 Å². The number of pyridine rings is 1. The molecule has 0 spiro atoms. The molecular weight excluding hydrogens is 235 g/mol. The van der Waals surface area contributed by atoms with Crippen molar-refractivity contribution in [2.24, 2.45) is 0 Å². The smallest absolute Gasteiger partial charge is 0.149 e. The number of rotatable bonds is 3. The van der Waals surface area contributed by atoms with Gasteiger partial charge in [-0.1, -0.05) is 23.2 Å². The Kier molecular flexibility index (Phi) is 4.01. The lowest BCUT2D eigenvalue weighted by Gasteiger charge is -2.18. The summed E-state index contributed by atoms with van der Waals surface area (Å²) in [5.74, 6) is 0.772. The Morgan fingerprint density at radius 2 is 2.20 bits per heavy atom. The molecule has 0 bridgehead atoms. The molecule has 0 aliphatic heterocycles. The molecule has 4 nitrogen and oxygen atoms in total. The number of anilines is 2. The fourth-order valence-corrected chi connectivity index (χ4v) is 1.56. The molecule has 15 heavy (non-hydrogen) atoms. The highest BCUT2D eigenvalue weighted by molar-refractivity contribution is 6.37. The molecule has 0 aromatic carbocycles. The van der Waals surface area contributed by atoms with Crippen LogP contribution in [0.25, 0.3) is 0 Å². The molecule has 0 saturated heterocycles. The number of nitriles is 1. The van der Waals surface area contributed by atoms with Gasteiger partial charge in [0, 0.05) is 13.6 Å². The normalized spacial score (nSPS) is 9.73. The van der Waals surface area contributed by atoms with Crippen LogP contribution in [0.3, 0.4) is 0 Å². The average molecular weight is 245 g/mol.